The molecule has 0 aromatic carbocycles. The van der Waals surface area contributed by atoms with Gasteiger partial charge in [-0.3, -0.25) is 4.79 Å². The predicted octanol–water partition coefficient (Wildman–Crippen LogP) is 8.37. The number of hydrogen-bond acceptors (Lipinski definition) is 2. The molecule has 3 saturated carbocycles. The van der Waals surface area contributed by atoms with Crippen molar-refractivity contribution in [3.63, 3.8) is 0 Å². The summed E-state index contributed by atoms with van der Waals surface area (Å²) < 4.78 is 5.64. The molecule has 4 aliphatic rings. The van der Waals surface area contributed by atoms with Gasteiger partial charge in [0, 0.05) is 6.92 Å². The van der Waals surface area contributed by atoms with Crippen molar-refractivity contribution in [1.82, 2.24) is 0 Å². The second-order valence-electron chi connectivity index (χ2n) is 13.0. The summed E-state index contributed by atoms with van der Waals surface area (Å²) in [6.45, 7) is 16.3. The standard InChI is InChI=1S/C31H50O2/c1-8-23(20(2)3)10-9-21(4)27-13-14-28-26-12-11-24-19-25(33-22(5)32)15-17-30(24,6)29(26)16-18-31(27,28)7/h9-10,12,20-21,23-25,27-29H,8,11,13-19H2,1-7H3/b10-9+/t21-,23-,24+,25+,27-,28+,29+,30+,31-/m0/s1. The third-order valence-corrected chi connectivity index (χ3v) is 11.1. The minimum atomic E-state index is -0.108. The monoisotopic (exact) mass is 454 g/mol. The molecule has 186 valence electrons. The van der Waals surface area contributed by atoms with Crippen LogP contribution in [-0.4, -0.2) is 12.1 Å². The average molecular weight is 455 g/mol. The number of carbonyl (C=O) groups excluding carboxylic acids is 1. The Morgan fingerprint density at radius 1 is 1.06 bits per heavy atom. The lowest BCUT2D eigenvalue weighted by Crippen LogP contribution is -2.50. The first-order chi connectivity index (χ1) is 15.6. The van der Waals surface area contributed by atoms with Crippen LogP contribution in [0, 0.1) is 52.3 Å². The van der Waals surface area contributed by atoms with Gasteiger partial charge in [0.2, 0.25) is 0 Å². The molecule has 3 fully saturated rings. The predicted molar refractivity (Wildman–Crippen MR) is 138 cm³/mol. The molecule has 33 heavy (non-hydrogen) atoms. The number of hydrogen-bond donors (Lipinski definition) is 0. The normalized spacial score (nSPS) is 42.3. The molecule has 0 aromatic heterocycles. The molecule has 0 aliphatic heterocycles. The lowest BCUT2D eigenvalue weighted by atomic mass is 9.47. The van der Waals surface area contributed by atoms with E-state index in [2.05, 4.69) is 59.8 Å². The molecule has 9 atom stereocenters. The van der Waals surface area contributed by atoms with Crippen molar-refractivity contribution < 1.29 is 9.53 Å². The third-order valence-electron chi connectivity index (χ3n) is 11.1. The highest BCUT2D eigenvalue weighted by Crippen LogP contribution is 2.66. The van der Waals surface area contributed by atoms with Crippen LogP contribution in [0.3, 0.4) is 0 Å². The minimum Gasteiger partial charge on any atom is -0.463 e. The van der Waals surface area contributed by atoms with E-state index >= 15 is 0 Å². The molecule has 0 saturated heterocycles. The zero-order chi connectivity index (χ0) is 24.0. The van der Waals surface area contributed by atoms with Gasteiger partial charge < -0.3 is 4.74 Å². The van der Waals surface area contributed by atoms with E-state index in [1.807, 2.05) is 5.57 Å². The van der Waals surface area contributed by atoms with Crippen molar-refractivity contribution in [1.29, 1.82) is 0 Å². The van der Waals surface area contributed by atoms with E-state index in [9.17, 15) is 4.79 Å². The molecule has 2 heteroatoms. The molecule has 2 nitrogen and oxygen atoms in total. The molecule has 0 aromatic rings. The maximum atomic E-state index is 11.5. The molecule has 0 unspecified atom stereocenters. The maximum absolute atomic E-state index is 11.5. The largest absolute Gasteiger partial charge is 0.463 e. The Bertz CT molecular complexity index is 778. The molecule has 0 radical (unpaired) electrons. The summed E-state index contributed by atoms with van der Waals surface area (Å²) in [4.78, 5) is 11.5. The third kappa shape index (κ3) is 4.50. The summed E-state index contributed by atoms with van der Waals surface area (Å²) in [7, 11) is 0. The van der Waals surface area contributed by atoms with Gasteiger partial charge in [0.25, 0.3) is 0 Å². The second-order valence-corrected chi connectivity index (χ2v) is 13.0. The van der Waals surface area contributed by atoms with E-state index in [1.54, 1.807) is 6.92 Å². The number of allylic oxidation sites excluding steroid dienone is 4. The Morgan fingerprint density at radius 3 is 2.42 bits per heavy atom. The van der Waals surface area contributed by atoms with Crippen LogP contribution in [0.25, 0.3) is 0 Å². The highest BCUT2D eigenvalue weighted by molar-refractivity contribution is 5.66. The summed E-state index contributed by atoms with van der Waals surface area (Å²) in [6.07, 6.45) is 19.3. The van der Waals surface area contributed by atoms with Gasteiger partial charge in [-0.15, -0.1) is 0 Å². The van der Waals surface area contributed by atoms with E-state index in [0.717, 1.165) is 36.5 Å². The van der Waals surface area contributed by atoms with Crippen LogP contribution in [0.1, 0.15) is 106 Å². The molecular weight excluding hydrogens is 404 g/mol. The number of rotatable bonds is 6. The van der Waals surface area contributed by atoms with Gasteiger partial charge in [0.1, 0.15) is 6.10 Å². The topological polar surface area (TPSA) is 26.3 Å². The van der Waals surface area contributed by atoms with Gasteiger partial charge in [-0.25, -0.2) is 0 Å². The number of ether oxygens (including phenoxy) is 1. The van der Waals surface area contributed by atoms with E-state index < -0.39 is 0 Å². The Labute approximate surface area is 204 Å². The fourth-order valence-electron chi connectivity index (χ4n) is 9.00. The summed E-state index contributed by atoms with van der Waals surface area (Å²) in [6, 6.07) is 0. The first kappa shape index (κ1) is 25.1. The summed E-state index contributed by atoms with van der Waals surface area (Å²) >= 11 is 0. The first-order valence-corrected chi connectivity index (χ1v) is 14.2. The quantitative estimate of drug-likeness (QED) is 0.297. The molecule has 4 rings (SSSR count). The first-order valence-electron chi connectivity index (χ1n) is 14.2. The Kier molecular flexibility index (Phi) is 7.24. The fraction of sp³-hybridized carbons (Fsp3) is 0.839. The van der Waals surface area contributed by atoms with Gasteiger partial charge in [-0.05, 0) is 110 Å². The minimum absolute atomic E-state index is 0.108. The zero-order valence-electron chi connectivity index (χ0n) is 22.5. The van der Waals surface area contributed by atoms with Gasteiger partial charge in [-0.1, -0.05) is 65.3 Å². The number of fused-ring (bicyclic) bond motifs is 5. The van der Waals surface area contributed by atoms with Crippen molar-refractivity contribution in [3.05, 3.63) is 23.8 Å². The molecule has 0 N–H and O–H groups in total. The number of carbonyl (C=O) groups is 1. The van der Waals surface area contributed by atoms with Crippen LogP contribution < -0.4 is 0 Å². The van der Waals surface area contributed by atoms with Crippen LogP contribution in [0.4, 0.5) is 0 Å². The Hall–Kier alpha value is -1.05. The number of esters is 1. The zero-order valence-corrected chi connectivity index (χ0v) is 22.5. The maximum Gasteiger partial charge on any atom is 0.302 e. The van der Waals surface area contributed by atoms with Crippen molar-refractivity contribution >= 4 is 5.97 Å². The van der Waals surface area contributed by atoms with E-state index in [4.69, 9.17) is 4.74 Å². The van der Waals surface area contributed by atoms with Crippen LogP contribution in [0.5, 0.6) is 0 Å². The Morgan fingerprint density at radius 2 is 1.76 bits per heavy atom. The molecule has 0 heterocycles. The summed E-state index contributed by atoms with van der Waals surface area (Å²) in [5.74, 6) is 5.05. The van der Waals surface area contributed by atoms with Crippen LogP contribution in [-0.2, 0) is 9.53 Å². The van der Waals surface area contributed by atoms with E-state index in [-0.39, 0.29) is 12.1 Å². The molecule has 4 aliphatic carbocycles. The lowest BCUT2D eigenvalue weighted by molar-refractivity contribution is -0.152. The SMILES string of the molecule is CC[C@@H](/C=C/[C@H](C)[C@@H]1CC[C@@H]2C3=CC[C@@H]4C[C@H](OC(C)=O)CC[C@@]4(C)[C@@H]3CC[C@]21C)C(C)C. The van der Waals surface area contributed by atoms with Crippen molar-refractivity contribution in [2.45, 2.75) is 112 Å². The van der Waals surface area contributed by atoms with E-state index in [0.29, 0.717) is 28.6 Å². The van der Waals surface area contributed by atoms with Gasteiger partial charge >= 0.3 is 5.97 Å². The highest BCUT2D eigenvalue weighted by Gasteiger charge is 2.58. The van der Waals surface area contributed by atoms with Gasteiger partial charge in [0.05, 0.1) is 0 Å². The Balaban J connectivity index is 1.50. The summed E-state index contributed by atoms with van der Waals surface area (Å²) in [5, 5.41) is 0. The molecular formula is C31H50O2. The van der Waals surface area contributed by atoms with Crippen molar-refractivity contribution in [2.24, 2.45) is 52.3 Å². The van der Waals surface area contributed by atoms with Crippen LogP contribution >= 0.6 is 0 Å². The van der Waals surface area contributed by atoms with Gasteiger partial charge in [0.15, 0.2) is 0 Å². The average Bonchev–Trinajstić information content (AvgIpc) is 3.11. The summed E-state index contributed by atoms with van der Waals surface area (Å²) in [5.41, 5.74) is 2.70. The van der Waals surface area contributed by atoms with E-state index in [1.165, 1.54) is 44.9 Å². The molecule has 0 bridgehead atoms. The highest BCUT2D eigenvalue weighted by atomic mass is 16.5. The van der Waals surface area contributed by atoms with Gasteiger partial charge in [-0.2, -0.15) is 0 Å². The van der Waals surface area contributed by atoms with Crippen molar-refractivity contribution in [2.75, 3.05) is 0 Å². The lowest BCUT2D eigenvalue weighted by Gasteiger charge is -2.58. The fourth-order valence-corrected chi connectivity index (χ4v) is 9.00. The van der Waals surface area contributed by atoms with Crippen LogP contribution in [0.15, 0.2) is 23.8 Å². The van der Waals surface area contributed by atoms with Crippen LogP contribution in [0.2, 0.25) is 0 Å². The van der Waals surface area contributed by atoms with Crippen molar-refractivity contribution in [3.8, 4) is 0 Å². The molecule has 0 spiro atoms. The second kappa shape index (κ2) is 9.54. The molecule has 0 amide bonds. The smallest absolute Gasteiger partial charge is 0.302 e.